The van der Waals surface area contributed by atoms with Crippen LogP contribution >= 0.6 is 0 Å². The number of rotatable bonds is 5. The third-order valence-corrected chi connectivity index (χ3v) is 7.21. The van der Waals surface area contributed by atoms with E-state index in [4.69, 9.17) is 14.6 Å². The maximum atomic E-state index is 6.55. The monoisotopic (exact) mass is 482 g/mol. The van der Waals surface area contributed by atoms with E-state index in [-0.39, 0.29) is 12.3 Å². The summed E-state index contributed by atoms with van der Waals surface area (Å²) >= 11 is 0. The van der Waals surface area contributed by atoms with Crippen LogP contribution in [0.15, 0.2) is 126 Å². The molecule has 0 fully saturated rings. The summed E-state index contributed by atoms with van der Waals surface area (Å²) in [4.78, 5) is 0. The van der Waals surface area contributed by atoms with E-state index in [1.165, 1.54) is 21.9 Å². The molecule has 2 aliphatic rings. The number of nitrogens with zero attached hydrogens (tertiary/aromatic N) is 2. The number of ether oxygens (including phenoxy) is 2. The largest absolute Gasteiger partial charge is 0.489 e. The average Bonchev–Trinajstić information content (AvgIpc) is 3.42. The van der Waals surface area contributed by atoms with Gasteiger partial charge in [-0.1, -0.05) is 91.0 Å². The van der Waals surface area contributed by atoms with Gasteiger partial charge in [0.05, 0.1) is 11.8 Å². The molecule has 0 N–H and O–H groups in total. The van der Waals surface area contributed by atoms with Gasteiger partial charge in [-0.05, 0) is 46.7 Å². The van der Waals surface area contributed by atoms with Crippen molar-refractivity contribution < 1.29 is 9.47 Å². The van der Waals surface area contributed by atoms with Crippen LogP contribution in [0.1, 0.15) is 40.9 Å². The minimum absolute atomic E-state index is 0.123. The van der Waals surface area contributed by atoms with E-state index in [0.29, 0.717) is 6.61 Å². The molecular formula is C33H26N2O2. The molecule has 5 aromatic carbocycles. The summed E-state index contributed by atoms with van der Waals surface area (Å²) in [5.41, 5.74) is 5.66. The molecule has 37 heavy (non-hydrogen) atoms. The Morgan fingerprint density at radius 2 is 1.51 bits per heavy atom. The number of para-hydroxylation sites is 1. The zero-order valence-corrected chi connectivity index (χ0v) is 20.3. The lowest BCUT2D eigenvalue weighted by atomic mass is 9.93. The first-order valence-electron chi connectivity index (χ1n) is 12.7. The Hall–Kier alpha value is -4.57. The highest BCUT2D eigenvalue weighted by Gasteiger charge is 2.41. The molecule has 0 aromatic heterocycles. The highest BCUT2D eigenvalue weighted by atomic mass is 16.5. The first-order valence-corrected chi connectivity index (χ1v) is 12.7. The van der Waals surface area contributed by atoms with Gasteiger partial charge in [0.1, 0.15) is 18.1 Å². The summed E-state index contributed by atoms with van der Waals surface area (Å²) in [6.07, 6.45) is 0.527. The van der Waals surface area contributed by atoms with Crippen molar-refractivity contribution in [2.75, 3.05) is 0 Å². The second-order valence-electron chi connectivity index (χ2n) is 9.52. The fourth-order valence-electron chi connectivity index (χ4n) is 5.36. The quantitative estimate of drug-likeness (QED) is 0.258. The van der Waals surface area contributed by atoms with Crippen LogP contribution in [-0.2, 0) is 6.61 Å². The van der Waals surface area contributed by atoms with E-state index < -0.39 is 0 Å². The summed E-state index contributed by atoms with van der Waals surface area (Å²) in [5.74, 6) is 1.76. The molecule has 2 atom stereocenters. The average molecular weight is 483 g/mol. The second kappa shape index (κ2) is 9.14. The fourth-order valence-corrected chi connectivity index (χ4v) is 5.36. The Bertz CT molecular complexity index is 1590. The van der Waals surface area contributed by atoms with Crippen molar-refractivity contribution >= 4 is 16.5 Å². The second-order valence-corrected chi connectivity index (χ2v) is 9.52. The van der Waals surface area contributed by atoms with Crippen molar-refractivity contribution in [3.63, 3.8) is 0 Å². The normalized spacial score (nSPS) is 18.1. The number of fused-ring (bicyclic) bond motifs is 4. The minimum Gasteiger partial charge on any atom is -0.489 e. The molecule has 5 aromatic rings. The molecule has 2 aliphatic heterocycles. The van der Waals surface area contributed by atoms with Gasteiger partial charge < -0.3 is 9.47 Å². The number of benzene rings is 5. The molecule has 0 saturated heterocycles. The van der Waals surface area contributed by atoms with E-state index in [9.17, 15) is 0 Å². The summed E-state index contributed by atoms with van der Waals surface area (Å²) in [5, 5.41) is 9.78. The Labute approximate surface area is 216 Å². The predicted octanol–water partition coefficient (Wildman–Crippen LogP) is 7.66. The minimum atomic E-state index is -0.310. The Kier molecular flexibility index (Phi) is 5.36. The van der Waals surface area contributed by atoms with Crippen molar-refractivity contribution in [3.8, 4) is 11.5 Å². The van der Waals surface area contributed by atoms with E-state index >= 15 is 0 Å². The fraction of sp³-hybridized carbons (Fsp3) is 0.121. The lowest BCUT2D eigenvalue weighted by Gasteiger charge is -2.38. The Morgan fingerprint density at radius 1 is 0.757 bits per heavy atom. The van der Waals surface area contributed by atoms with Gasteiger partial charge >= 0.3 is 0 Å². The van der Waals surface area contributed by atoms with Crippen LogP contribution < -0.4 is 9.47 Å². The van der Waals surface area contributed by atoms with Crippen LogP contribution in [0.2, 0.25) is 0 Å². The van der Waals surface area contributed by atoms with Crippen molar-refractivity contribution in [3.05, 3.63) is 144 Å². The molecular weight excluding hydrogens is 456 g/mol. The van der Waals surface area contributed by atoms with Gasteiger partial charge in [-0.25, -0.2) is 5.01 Å². The van der Waals surface area contributed by atoms with Crippen molar-refractivity contribution in [1.29, 1.82) is 0 Å². The first-order chi connectivity index (χ1) is 18.3. The molecule has 0 bridgehead atoms. The van der Waals surface area contributed by atoms with E-state index in [2.05, 4.69) is 89.9 Å². The standard InChI is InChI=1S/C33H26N2O2/c1-2-9-23(10-3-1)22-36-26-19-17-25(18-20-26)33-35-31(29-14-6-7-16-32(29)37-33)21-30(34-35)28-15-8-12-24-11-4-5-13-27(24)28/h1-20,31,33H,21-22H2/t31-,33-/m1/s1. The third kappa shape index (κ3) is 4.01. The van der Waals surface area contributed by atoms with Gasteiger partial charge in [-0.3, -0.25) is 0 Å². The van der Waals surface area contributed by atoms with E-state index in [0.717, 1.165) is 34.8 Å². The first kappa shape index (κ1) is 21.7. The van der Waals surface area contributed by atoms with Gasteiger partial charge in [0.2, 0.25) is 6.23 Å². The van der Waals surface area contributed by atoms with E-state index in [1.54, 1.807) is 0 Å². The SMILES string of the molecule is c1ccc(COc2ccc([C@H]3Oc4ccccc4[C@H]4CC(c5cccc6ccccc56)=NN43)cc2)cc1. The van der Waals surface area contributed by atoms with Crippen molar-refractivity contribution in [2.24, 2.45) is 5.10 Å². The van der Waals surface area contributed by atoms with Crippen LogP contribution in [0.5, 0.6) is 11.5 Å². The highest BCUT2D eigenvalue weighted by Crippen LogP contribution is 2.47. The Morgan fingerprint density at radius 3 is 2.41 bits per heavy atom. The molecule has 0 saturated carbocycles. The van der Waals surface area contributed by atoms with Gasteiger partial charge in [0.25, 0.3) is 0 Å². The van der Waals surface area contributed by atoms with E-state index in [1.807, 2.05) is 36.4 Å². The van der Waals surface area contributed by atoms with Crippen LogP contribution in [0.4, 0.5) is 0 Å². The molecule has 0 amide bonds. The van der Waals surface area contributed by atoms with Crippen LogP contribution in [-0.4, -0.2) is 10.7 Å². The summed E-state index contributed by atoms with van der Waals surface area (Å²) in [6.45, 7) is 0.542. The Balaban J connectivity index is 1.21. The van der Waals surface area contributed by atoms with Gasteiger partial charge in [-0.2, -0.15) is 5.10 Å². The zero-order valence-electron chi connectivity index (χ0n) is 20.3. The summed E-state index contributed by atoms with van der Waals surface area (Å²) < 4.78 is 12.6. The number of hydrogen-bond donors (Lipinski definition) is 0. The van der Waals surface area contributed by atoms with Gasteiger partial charge in [-0.15, -0.1) is 0 Å². The molecule has 180 valence electrons. The summed E-state index contributed by atoms with van der Waals surface area (Å²) in [6, 6.07) is 41.8. The molecule has 0 spiro atoms. The third-order valence-electron chi connectivity index (χ3n) is 7.21. The van der Waals surface area contributed by atoms with Crippen LogP contribution in [0.25, 0.3) is 10.8 Å². The van der Waals surface area contributed by atoms with Gasteiger partial charge in [0, 0.05) is 23.1 Å². The summed E-state index contributed by atoms with van der Waals surface area (Å²) in [7, 11) is 0. The lowest BCUT2D eigenvalue weighted by molar-refractivity contribution is -0.0190. The number of hydrazone groups is 1. The molecule has 7 rings (SSSR count). The lowest BCUT2D eigenvalue weighted by Crippen LogP contribution is -2.33. The highest BCUT2D eigenvalue weighted by molar-refractivity contribution is 6.11. The van der Waals surface area contributed by atoms with Crippen LogP contribution in [0.3, 0.4) is 0 Å². The maximum Gasteiger partial charge on any atom is 0.213 e. The smallest absolute Gasteiger partial charge is 0.213 e. The topological polar surface area (TPSA) is 34.1 Å². The molecule has 0 unspecified atom stereocenters. The zero-order chi connectivity index (χ0) is 24.6. The molecule has 0 aliphatic carbocycles. The van der Waals surface area contributed by atoms with Gasteiger partial charge in [0.15, 0.2) is 0 Å². The van der Waals surface area contributed by atoms with Crippen molar-refractivity contribution in [2.45, 2.75) is 25.3 Å². The molecule has 0 radical (unpaired) electrons. The number of hydrogen-bond acceptors (Lipinski definition) is 4. The maximum absolute atomic E-state index is 6.55. The molecule has 4 heteroatoms. The molecule has 2 heterocycles. The van der Waals surface area contributed by atoms with Crippen LogP contribution in [0, 0.1) is 0 Å². The predicted molar refractivity (Wildman–Crippen MR) is 147 cm³/mol. The molecule has 4 nitrogen and oxygen atoms in total. The van der Waals surface area contributed by atoms with Crippen molar-refractivity contribution in [1.82, 2.24) is 5.01 Å².